The Morgan fingerprint density at radius 1 is 0.418 bits per heavy atom. The van der Waals surface area contributed by atoms with Gasteiger partial charge in [0.25, 0.3) is 0 Å². The summed E-state index contributed by atoms with van der Waals surface area (Å²) in [6, 6.07) is 62.0. The van der Waals surface area contributed by atoms with Gasteiger partial charge in [0.15, 0.2) is 5.79 Å². The van der Waals surface area contributed by atoms with E-state index in [9.17, 15) is 0 Å². The fourth-order valence-corrected chi connectivity index (χ4v) is 7.94. The third-order valence-electron chi connectivity index (χ3n) is 10.5. The lowest BCUT2D eigenvalue weighted by atomic mass is 9.80. The molecule has 1 heterocycles. The van der Waals surface area contributed by atoms with Crippen molar-refractivity contribution in [3.63, 3.8) is 0 Å². The molecule has 0 aromatic heterocycles. The van der Waals surface area contributed by atoms with Crippen LogP contribution >= 0.6 is 0 Å². The third kappa shape index (κ3) is 7.94. The van der Waals surface area contributed by atoms with Gasteiger partial charge in [-0.25, -0.2) is 0 Å². The number of rotatable bonds is 16. The summed E-state index contributed by atoms with van der Waals surface area (Å²) in [6.07, 6.45) is -2.20. The normalized spacial score (nSPS) is 18.1. The minimum Gasteiger partial charge on any atom is -0.376 e. The first-order valence-corrected chi connectivity index (χ1v) is 18.9. The van der Waals surface area contributed by atoms with Gasteiger partial charge in [-0.1, -0.05) is 182 Å². The van der Waals surface area contributed by atoms with Crippen molar-refractivity contribution >= 4 is 0 Å². The van der Waals surface area contributed by atoms with Crippen molar-refractivity contribution in [2.24, 2.45) is 0 Å². The number of hydrogen-bond donors (Lipinski definition) is 0. The quantitative estimate of drug-likeness (QED) is 0.0924. The lowest BCUT2D eigenvalue weighted by Gasteiger charge is -2.39. The minimum atomic E-state index is -0.935. The molecule has 0 unspecified atom stereocenters. The Labute approximate surface area is 325 Å². The predicted molar refractivity (Wildman–Crippen MR) is 216 cm³/mol. The zero-order valence-corrected chi connectivity index (χ0v) is 32.0. The highest BCUT2D eigenvalue weighted by Crippen LogP contribution is 2.44. The van der Waals surface area contributed by atoms with E-state index in [0.717, 1.165) is 33.4 Å². The molecule has 0 bridgehead atoms. The number of ether oxygens (including phenoxy) is 6. The van der Waals surface area contributed by atoms with E-state index in [1.165, 1.54) is 0 Å². The van der Waals surface area contributed by atoms with Crippen molar-refractivity contribution in [2.75, 3.05) is 27.4 Å². The molecular formula is C49H50O6. The third-order valence-corrected chi connectivity index (χ3v) is 10.5. The van der Waals surface area contributed by atoms with Gasteiger partial charge in [0.1, 0.15) is 35.6 Å². The van der Waals surface area contributed by atoms with Crippen molar-refractivity contribution < 1.29 is 28.4 Å². The van der Waals surface area contributed by atoms with E-state index >= 15 is 0 Å². The molecule has 0 aliphatic carbocycles. The Balaban J connectivity index is 1.23. The van der Waals surface area contributed by atoms with Crippen LogP contribution in [-0.4, -0.2) is 57.6 Å². The Kier molecular flexibility index (Phi) is 12.0. The summed E-state index contributed by atoms with van der Waals surface area (Å²) in [5, 5.41) is 0. The topological polar surface area (TPSA) is 55.4 Å². The number of hydrogen-bond acceptors (Lipinski definition) is 6. The van der Waals surface area contributed by atoms with Gasteiger partial charge in [0.2, 0.25) is 0 Å². The smallest absolute Gasteiger partial charge is 0.164 e. The molecule has 6 heteroatoms. The van der Waals surface area contributed by atoms with Crippen LogP contribution in [0.2, 0.25) is 0 Å². The van der Waals surface area contributed by atoms with Crippen LogP contribution in [-0.2, 0) is 39.6 Å². The van der Waals surface area contributed by atoms with Gasteiger partial charge in [-0.3, -0.25) is 0 Å². The van der Waals surface area contributed by atoms with Crippen LogP contribution < -0.4 is 0 Å². The first kappa shape index (κ1) is 38.4. The van der Waals surface area contributed by atoms with Gasteiger partial charge < -0.3 is 28.4 Å². The maximum Gasteiger partial charge on any atom is 0.164 e. The van der Waals surface area contributed by atoms with Gasteiger partial charge in [0.05, 0.1) is 13.2 Å². The maximum absolute atomic E-state index is 7.24. The molecule has 55 heavy (non-hydrogen) atoms. The van der Waals surface area contributed by atoms with Crippen LogP contribution in [0.15, 0.2) is 182 Å². The van der Waals surface area contributed by atoms with Crippen molar-refractivity contribution in [3.05, 3.63) is 215 Å². The highest BCUT2D eigenvalue weighted by atomic mass is 16.8. The molecule has 7 rings (SSSR count). The lowest BCUT2D eigenvalue weighted by Crippen LogP contribution is -2.49. The molecule has 1 fully saturated rings. The largest absolute Gasteiger partial charge is 0.376 e. The zero-order valence-electron chi connectivity index (χ0n) is 32.0. The van der Waals surface area contributed by atoms with E-state index in [2.05, 4.69) is 72.8 Å². The molecule has 4 atom stereocenters. The lowest BCUT2D eigenvalue weighted by molar-refractivity contribution is -0.171. The molecule has 0 saturated carbocycles. The molecule has 0 spiro atoms. The number of methoxy groups -OCH3 is 2. The molecule has 6 aromatic rings. The first-order chi connectivity index (χ1) is 26.9. The molecule has 282 valence electrons. The molecule has 0 radical (unpaired) electrons. The second-order valence-corrected chi connectivity index (χ2v) is 14.3. The SMILES string of the molecule is CO[C@H](COC(c1ccccc1)(c1ccccc1)c1ccccc1)[C@H]1OC(C)(C)O[C@@H]1[C@@H](COC(c1ccccc1)(c1ccccc1)c1ccccc1)OC. The summed E-state index contributed by atoms with van der Waals surface area (Å²) in [7, 11) is 3.39. The average Bonchev–Trinajstić information content (AvgIpc) is 3.57. The molecule has 0 N–H and O–H groups in total. The van der Waals surface area contributed by atoms with Gasteiger partial charge in [-0.2, -0.15) is 0 Å². The monoisotopic (exact) mass is 734 g/mol. The highest BCUT2D eigenvalue weighted by Gasteiger charge is 2.51. The molecule has 1 aliphatic rings. The number of benzene rings is 6. The van der Waals surface area contributed by atoms with E-state index < -0.39 is 41.4 Å². The molecule has 6 aromatic carbocycles. The summed E-state index contributed by atoms with van der Waals surface area (Å²) >= 11 is 0. The van der Waals surface area contributed by atoms with Crippen LogP contribution in [0.5, 0.6) is 0 Å². The van der Waals surface area contributed by atoms with Crippen LogP contribution in [0.4, 0.5) is 0 Å². The van der Waals surface area contributed by atoms with Crippen molar-refractivity contribution in [2.45, 2.75) is 55.3 Å². The molecule has 6 nitrogen and oxygen atoms in total. The molecule has 0 amide bonds. The molecule has 1 saturated heterocycles. The first-order valence-electron chi connectivity index (χ1n) is 18.9. The van der Waals surface area contributed by atoms with E-state index in [-0.39, 0.29) is 13.2 Å². The summed E-state index contributed by atoms with van der Waals surface area (Å²) in [6.45, 7) is 4.22. The second kappa shape index (κ2) is 17.3. The van der Waals surface area contributed by atoms with Gasteiger partial charge >= 0.3 is 0 Å². The van der Waals surface area contributed by atoms with Crippen LogP contribution in [0.25, 0.3) is 0 Å². The Bertz CT molecular complexity index is 1680. The fourth-order valence-electron chi connectivity index (χ4n) is 7.94. The van der Waals surface area contributed by atoms with Gasteiger partial charge in [-0.05, 0) is 47.2 Å². The summed E-state index contributed by atoms with van der Waals surface area (Å²) in [5.41, 5.74) is 4.16. The minimum absolute atomic E-state index is 0.190. The Morgan fingerprint density at radius 3 is 0.836 bits per heavy atom. The van der Waals surface area contributed by atoms with Crippen LogP contribution in [0, 0.1) is 0 Å². The summed E-state index contributed by atoms with van der Waals surface area (Å²) in [4.78, 5) is 0. The average molecular weight is 735 g/mol. The molecule has 1 aliphatic heterocycles. The van der Waals surface area contributed by atoms with Crippen LogP contribution in [0.3, 0.4) is 0 Å². The van der Waals surface area contributed by atoms with Crippen molar-refractivity contribution in [3.8, 4) is 0 Å². The summed E-state index contributed by atoms with van der Waals surface area (Å²) < 4.78 is 40.4. The predicted octanol–water partition coefficient (Wildman–Crippen LogP) is 9.55. The van der Waals surface area contributed by atoms with E-state index in [1.54, 1.807) is 14.2 Å². The van der Waals surface area contributed by atoms with E-state index in [1.807, 2.05) is 123 Å². The van der Waals surface area contributed by atoms with E-state index in [4.69, 9.17) is 28.4 Å². The Hall–Kier alpha value is -4.92. The zero-order chi connectivity index (χ0) is 38.1. The summed E-state index contributed by atoms with van der Waals surface area (Å²) in [5.74, 6) is -0.923. The van der Waals surface area contributed by atoms with E-state index in [0.29, 0.717) is 0 Å². The second-order valence-electron chi connectivity index (χ2n) is 14.3. The molecular weight excluding hydrogens is 685 g/mol. The van der Waals surface area contributed by atoms with Crippen molar-refractivity contribution in [1.29, 1.82) is 0 Å². The van der Waals surface area contributed by atoms with Gasteiger partial charge in [0, 0.05) is 14.2 Å². The standard InChI is InChI=1S/C49H50O6/c1-47(2)54-45(43(50-3)35-52-48(37-23-11-5-12-24-37,38-25-13-6-14-26-38)39-27-15-7-16-28-39)46(55-47)44(51-4)36-53-49(40-29-17-8-18-30-40,41-31-19-9-20-32-41)42-33-21-10-22-34-42/h5-34,43-46H,35-36H2,1-4H3/t43-,44-,45-,46-/m1/s1. The van der Waals surface area contributed by atoms with Crippen LogP contribution in [0.1, 0.15) is 47.2 Å². The maximum atomic E-state index is 7.24. The fraction of sp³-hybridized carbons (Fsp3) is 0.265. The van der Waals surface area contributed by atoms with Crippen molar-refractivity contribution in [1.82, 2.24) is 0 Å². The van der Waals surface area contributed by atoms with Gasteiger partial charge in [-0.15, -0.1) is 0 Å². The highest BCUT2D eigenvalue weighted by molar-refractivity contribution is 5.49. The Morgan fingerprint density at radius 2 is 0.636 bits per heavy atom.